The molecule has 2 N–H and O–H groups in total. The highest BCUT2D eigenvalue weighted by Gasteiger charge is 2.11. The molecule has 0 aromatic carbocycles. The SMILES string of the molecule is CNC(C)C(CSC)NC. The van der Waals surface area contributed by atoms with E-state index in [1.807, 2.05) is 25.9 Å². The van der Waals surface area contributed by atoms with E-state index in [1.165, 1.54) is 5.75 Å². The van der Waals surface area contributed by atoms with Crippen molar-refractivity contribution < 1.29 is 0 Å². The molecule has 2 atom stereocenters. The Bertz CT molecular complexity index is 78.0. The van der Waals surface area contributed by atoms with Crippen molar-refractivity contribution in [1.82, 2.24) is 10.6 Å². The first-order chi connectivity index (χ1) is 4.76. The number of thioether (sulfide) groups is 1. The van der Waals surface area contributed by atoms with E-state index < -0.39 is 0 Å². The van der Waals surface area contributed by atoms with Crippen LogP contribution in [0.4, 0.5) is 0 Å². The zero-order chi connectivity index (χ0) is 7.98. The van der Waals surface area contributed by atoms with Crippen LogP contribution in [0.5, 0.6) is 0 Å². The summed E-state index contributed by atoms with van der Waals surface area (Å²) in [6.45, 7) is 2.19. The molecule has 2 unspecified atom stereocenters. The quantitative estimate of drug-likeness (QED) is 0.617. The molecule has 0 amide bonds. The Morgan fingerprint density at radius 3 is 2.20 bits per heavy atom. The first kappa shape index (κ1) is 10.3. The molecule has 10 heavy (non-hydrogen) atoms. The molecule has 0 rings (SSSR count). The number of hydrogen-bond donors (Lipinski definition) is 2. The van der Waals surface area contributed by atoms with Gasteiger partial charge < -0.3 is 10.6 Å². The van der Waals surface area contributed by atoms with E-state index in [9.17, 15) is 0 Å². The molecule has 0 aliphatic rings. The summed E-state index contributed by atoms with van der Waals surface area (Å²) in [5.74, 6) is 1.17. The third-order valence-electron chi connectivity index (χ3n) is 1.78. The monoisotopic (exact) mass is 162 g/mol. The van der Waals surface area contributed by atoms with Crippen molar-refractivity contribution in [2.24, 2.45) is 0 Å². The van der Waals surface area contributed by atoms with Crippen molar-refractivity contribution in [1.29, 1.82) is 0 Å². The minimum absolute atomic E-state index is 0.553. The lowest BCUT2D eigenvalue weighted by Gasteiger charge is -2.21. The highest BCUT2D eigenvalue weighted by atomic mass is 32.2. The van der Waals surface area contributed by atoms with Crippen molar-refractivity contribution in [3.8, 4) is 0 Å². The summed E-state index contributed by atoms with van der Waals surface area (Å²) in [5, 5.41) is 6.50. The van der Waals surface area contributed by atoms with Gasteiger partial charge in [0.05, 0.1) is 0 Å². The van der Waals surface area contributed by atoms with E-state index in [-0.39, 0.29) is 0 Å². The van der Waals surface area contributed by atoms with Crippen LogP contribution < -0.4 is 10.6 Å². The predicted molar refractivity (Wildman–Crippen MR) is 49.8 cm³/mol. The van der Waals surface area contributed by atoms with Gasteiger partial charge in [0.1, 0.15) is 0 Å². The van der Waals surface area contributed by atoms with Crippen LogP contribution in [-0.2, 0) is 0 Å². The smallest absolute Gasteiger partial charge is 0.0306 e. The molecule has 2 nitrogen and oxygen atoms in total. The maximum atomic E-state index is 3.27. The van der Waals surface area contributed by atoms with Crippen LogP contribution in [0.2, 0.25) is 0 Å². The third-order valence-corrected chi connectivity index (χ3v) is 2.47. The molecule has 0 bridgehead atoms. The van der Waals surface area contributed by atoms with Crippen molar-refractivity contribution in [2.75, 3.05) is 26.1 Å². The van der Waals surface area contributed by atoms with Crippen molar-refractivity contribution in [3.63, 3.8) is 0 Å². The molecule has 0 aliphatic carbocycles. The Kier molecular flexibility index (Phi) is 6.17. The zero-order valence-electron chi connectivity index (χ0n) is 7.27. The fourth-order valence-corrected chi connectivity index (χ4v) is 1.67. The summed E-state index contributed by atoms with van der Waals surface area (Å²) in [4.78, 5) is 0. The number of nitrogens with one attached hydrogen (secondary N) is 2. The normalized spacial score (nSPS) is 16.8. The van der Waals surface area contributed by atoms with E-state index in [1.54, 1.807) is 0 Å². The summed E-state index contributed by atoms with van der Waals surface area (Å²) in [6.07, 6.45) is 2.13. The second kappa shape index (κ2) is 6.01. The summed E-state index contributed by atoms with van der Waals surface area (Å²) >= 11 is 1.88. The van der Waals surface area contributed by atoms with E-state index >= 15 is 0 Å². The van der Waals surface area contributed by atoms with Gasteiger partial charge in [0, 0.05) is 17.8 Å². The van der Waals surface area contributed by atoms with E-state index in [4.69, 9.17) is 0 Å². The first-order valence-electron chi connectivity index (χ1n) is 3.59. The lowest BCUT2D eigenvalue weighted by molar-refractivity contribution is 0.466. The van der Waals surface area contributed by atoms with Crippen LogP contribution in [-0.4, -0.2) is 38.2 Å². The standard InChI is InChI=1S/C7H18N2S/c1-6(8-2)7(9-3)5-10-4/h6-9H,5H2,1-4H3. The molecule has 0 aromatic rings. The lowest BCUT2D eigenvalue weighted by atomic mass is 10.2. The Hall–Kier alpha value is 0.270. The van der Waals surface area contributed by atoms with Crippen molar-refractivity contribution in [3.05, 3.63) is 0 Å². The van der Waals surface area contributed by atoms with Gasteiger partial charge in [-0.25, -0.2) is 0 Å². The third kappa shape index (κ3) is 3.44. The first-order valence-corrected chi connectivity index (χ1v) is 4.99. The highest BCUT2D eigenvalue weighted by molar-refractivity contribution is 7.98. The lowest BCUT2D eigenvalue weighted by Crippen LogP contribution is -2.44. The second-order valence-corrected chi connectivity index (χ2v) is 3.34. The average molecular weight is 162 g/mol. The summed E-state index contributed by atoms with van der Waals surface area (Å²) in [7, 11) is 4.00. The number of hydrogen-bond acceptors (Lipinski definition) is 3. The van der Waals surface area contributed by atoms with Crippen molar-refractivity contribution in [2.45, 2.75) is 19.0 Å². The largest absolute Gasteiger partial charge is 0.316 e. The minimum atomic E-state index is 0.553. The fourth-order valence-electron chi connectivity index (χ4n) is 0.858. The molecular weight excluding hydrogens is 144 g/mol. The van der Waals surface area contributed by atoms with E-state index in [0.29, 0.717) is 12.1 Å². The summed E-state index contributed by atoms with van der Waals surface area (Å²) in [5.41, 5.74) is 0. The van der Waals surface area contributed by atoms with Crippen LogP contribution in [0.3, 0.4) is 0 Å². The van der Waals surface area contributed by atoms with Gasteiger partial charge in [-0.1, -0.05) is 0 Å². The van der Waals surface area contributed by atoms with E-state index in [2.05, 4.69) is 23.8 Å². The molecule has 3 heteroatoms. The molecule has 0 heterocycles. The van der Waals surface area contributed by atoms with Crippen LogP contribution in [0.25, 0.3) is 0 Å². The Labute approximate surface area is 68.2 Å². The van der Waals surface area contributed by atoms with Gasteiger partial charge in [-0.3, -0.25) is 0 Å². The fraction of sp³-hybridized carbons (Fsp3) is 1.00. The Morgan fingerprint density at radius 1 is 1.30 bits per heavy atom. The molecule has 62 valence electrons. The maximum Gasteiger partial charge on any atom is 0.0306 e. The topological polar surface area (TPSA) is 24.1 Å². The van der Waals surface area contributed by atoms with Crippen LogP contribution in [0.1, 0.15) is 6.92 Å². The van der Waals surface area contributed by atoms with Crippen LogP contribution in [0.15, 0.2) is 0 Å². The number of rotatable bonds is 5. The number of likely N-dealkylation sites (N-methyl/N-ethyl adjacent to an activating group) is 2. The highest BCUT2D eigenvalue weighted by Crippen LogP contribution is 2.00. The van der Waals surface area contributed by atoms with Gasteiger partial charge in [0.15, 0.2) is 0 Å². The zero-order valence-corrected chi connectivity index (χ0v) is 8.09. The molecule has 0 saturated carbocycles. The van der Waals surface area contributed by atoms with Crippen LogP contribution in [0, 0.1) is 0 Å². The second-order valence-electron chi connectivity index (χ2n) is 2.43. The predicted octanol–water partition coefficient (Wildman–Crippen LogP) is 0.545. The molecule has 0 saturated heterocycles. The Balaban J connectivity index is 3.56. The van der Waals surface area contributed by atoms with Gasteiger partial charge in [-0.15, -0.1) is 0 Å². The van der Waals surface area contributed by atoms with Gasteiger partial charge >= 0.3 is 0 Å². The molecule has 0 fully saturated rings. The van der Waals surface area contributed by atoms with Crippen LogP contribution >= 0.6 is 11.8 Å². The van der Waals surface area contributed by atoms with Gasteiger partial charge in [0.2, 0.25) is 0 Å². The summed E-state index contributed by atoms with van der Waals surface area (Å²) in [6, 6.07) is 1.14. The van der Waals surface area contributed by atoms with Crippen molar-refractivity contribution >= 4 is 11.8 Å². The molecule has 0 aliphatic heterocycles. The van der Waals surface area contributed by atoms with Gasteiger partial charge in [-0.05, 0) is 27.3 Å². The molecule has 0 aromatic heterocycles. The minimum Gasteiger partial charge on any atom is -0.316 e. The molecule has 0 radical (unpaired) electrons. The molecule has 0 spiro atoms. The average Bonchev–Trinajstić information content (AvgIpc) is 1.99. The molecular formula is C7H18N2S. The Morgan fingerprint density at radius 2 is 1.90 bits per heavy atom. The van der Waals surface area contributed by atoms with Gasteiger partial charge in [0.25, 0.3) is 0 Å². The van der Waals surface area contributed by atoms with E-state index in [0.717, 1.165) is 0 Å². The van der Waals surface area contributed by atoms with Gasteiger partial charge in [-0.2, -0.15) is 11.8 Å². The summed E-state index contributed by atoms with van der Waals surface area (Å²) < 4.78 is 0. The maximum absolute atomic E-state index is 3.27.